The molecule has 0 saturated carbocycles. The van der Waals surface area contributed by atoms with Crippen molar-refractivity contribution < 1.29 is 14.7 Å². The number of ketones is 1. The van der Waals surface area contributed by atoms with Gasteiger partial charge >= 0.3 is 5.97 Å². The summed E-state index contributed by atoms with van der Waals surface area (Å²) in [6.45, 7) is 3.40. The highest BCUT2D eigenvalue weighted by molar-refractivity contribution is 5.90. The van der Waals surface area contributed by atoms with E-state index in [4.69, 9.17) is 0 Å². The van der Waals surface area contributed by atoms with E-state index in [1.165, 1.54) is 6.08 Å². The molecule has 0 spiro atoms. The topological polar surface area (TPSA) is 54.4 Å². The van der Waals surface area contributed by atoms with Gasteiger partial charge in [-0.05, 0) is 28.8 Å². The molecule has 1 N–H and O–H groups in total. The smallest absolute Gasteiger partial charge is 0.310 e. The van der Waals surface area contributed by atoms with Crippen molar-refractivity contribution in [1.82, 2.24) is 0 Å². The first-order valence-electron chi connectivity index (χ1n) is 6.48. The minimum atomic E-state index is -0.905. The summed E-state index contributed by atoms with van der Waals surface area (Å²) in [5, 5.41) is 11.4. The number of carboxylic acids is 1. The van der Waals surface area contributed by atoms with Crippen molar-refractivity contribution in [3.8, 4) is 0 Å². The fourth-order valence-corrected chi connectivity index (χ4v) is 2.25. The van der Waals surface area contributed by atoms with E-state index in [1.54, 1.807) is 0 Å². The van der Waals surface area contributed by atoms with E-state index in [0.717, 1.165) is 16.3 Å². The average molecular weight is 268 g/mol. The summed E-state index contributed by atoms with van der Waals surface area (Å²) >= 11 is 0. The monoisotopic (exact) mass is 268 g/mol. The van der Waals surface area contributed by atoms with Crippen LogP contribution in [0, 0.1) is 0 Å². The van der Waals surface area contributed by atoms with E-state index in [0.29, 0.717) is 6.42 Å². The molecule has 2 aromatic carbocycles. The zero-order chi connectivity index (χ0) is 14.5. The Bertz CT molecular complexity index is 658. The Labute approximate surface area is 117 Å². The van der Waals surface area contributed by atoms with Crippen LogP contribution in [0.1, 0.15) is 24.3 Å². The van der Waals surface area contributed by atoms with Gasteiger partial charge in [-0.15, -0.1) is 0 Å². The van der Waals surface area contributed by atoms with E-state index < -0.39 is 11.9 Å². The molecule has 1 atom stereocenters. The van der Waals surface area contributed by atoms with Crippen LogP contribution in [0.4, 0.5) is 0 Å². The van der Waals surface area contributed by atoms with Crippen LogP contribution in [0.25, 0.3) is 10.8 Å². The van der Waals surface area contributed by atoms with Gasteiger partial charge in [-0.25, -0.2) is 0 Å². The molecule has 0 radical (unpaired) electrons. The Morgan fingerprint density at radius 1 is 1.15 bits per heavy atom. The standard InChI is InChI=1S/C17H16O3/c1-2-15(18)9-10-16(17(19)20)14-8-7-12-5-3-4-6-13(12)11-14/h2-8,11,16H,1,9-10H2,(H,19,20). The average Bonchev–Trinajstić information content (AvgIpc) is 2.46. The van der Waals surface area contributed by atoms with Crippen LogP contribution in [-0.4, -0.2) is 16.9 Å². The molecule has 0 bridgehead atoms. The lowest BCUT2D eigenvalue weighted by Gasteiger charge is -2.12. The molecule has 1 unspecified atom stereocenters. The number of carbonyl (C=O) groups is 2. The molecule has 0 aliphatic heterocycles. The van der Waals surface area contributed by atoms with E-state index in [9.17, 15) is 14.7 Å². The first-order valence-corrected chi connectivity index (χ1v) is 6.48. The summed E-state index contributed by atoms with van der Waals surface area (Å²) in [5.41, 5.74) is 0.730. The van der Waals surface area contributed by atoms with Gasteiger partial charge in [0.15, 0.2) is 5.78 Å². The van der Waals surface area contributed by atoms with Gasteiger partial charge in [0.25, 0.3) is 0 Å². The minimum absolute atomic E-state index is 0.128. The summed E-state index contributed by atoms with van der Waals surface area (Å²) in [4.78, 5) is 22.7. The Morgan fingerprint density at radius 3 is 2.50 bits per heavy atom. The number of carboxylic acid groups (broad SMARTS) is 1. The number of carbonyl (C=O) groups excluding carboxylic acids is 1. The summed E-state index contributed by atoms with van der Waals surface area (Å²) in [5.74, 6) is -1.70. The van der Waals surface area contributed by atoms with Gasteiger partial charge in [-0.3, -0.25) is 9.59 Å². The highest BCUT2D eigenvalue weighted by Gasteiger charge is 2.20. The van der Waals surface area contributed by atoms with Crippen molar-refractivity contribution in [2.75, 3.05) is 0 Å². The number of benzene rings is 2. The largest absolute Gasteiger partial charge is 0.481 e. The maximum atomic E-state index is 11.4. The molecule has 3 heteroatoms. The molecule has 3 nitrogen and oxygen atoms in total. The lowest BCUT2D eigenvalue weighted by Crippen LogP contribution is -2.13. The number of aliphatic carboxylic acids is 1. The number of allylic oxidation sites excluding steroid dienone is 1. The Hall–Kier alpha value is -2.42. The SMILES string of the molecule is C=CC(=O)CCC(C(=O)O)c1ccc2ccccc2c1. The highest BCUT2D eigenvalue weighted by atomic mass is 16.4. The van der Waals surface area contributed by atoms with Crippen molar-refractivity contribution in [2.45, 2.75) is 18.8 Å². The maximum absolute atomic E-state index is 11.4. The van der Waals surface area contributed by atoms with E-state index in [-0.39, 0.29) is 12.2 Å². The fourth-order valence-electron chi connectivity index (χ4n) is 2.25. The first-order chi connectivity index (χ1) is 9.61. The predicted molar refractivity (Wildman–Crippen MR) is 78.8 cm³/mol. The van der Waals surface area contributed by atoms with Gasteiger partial charge in [0.05, 0.1) is 5.92 Å². The van der Waals surface area contributed by atoms with Crippen LogP contribution in [-0.2, 0) is 9.59 Å². The van der Waals surface area contributed by atoms with Crippen LogP contribution < -0.4 is 0 Å². The first kappa shape index (κ1) is 14.0. The molecule has 2 aromatic rings. The Balaban J connectivity index is 2.29. The molecule has 0 amide bonds. The van der Waals surface area contributed by atoms with Gasteiger partial charge in [-0.2, -0.15) is 0 Å². The third-order valence-electron chi connectivity index (χ3n) is 3.38. The Morgan fingerprint density at radius 2 is 1.85 bits per heavy atom. The second kappa shape index (κ2) is 6.15. The highest BCUT2D eigenvalue weighted by Crippen LogP contribution is 2.25. The van der Waals surface area contributed by atoms with Crippen molar-refractivity contribution >= 4 is 22.5 Å². The fraction of sp³-hybridized carbons (Fsp3) is 0.176. The summed E-state index contributed by atoms with van der Waals surface area (Å²) < 4.78 is 0. The molecule has 0 aliphatic carbocycles. The second-order valence-electron chi connectivity index (χ2n) is 4.71. The van der Waals surface area contributed by atoms with E-state index in [2.05, 4.69) is 6.58 Å². The van der Waals surface area contributed by atoms with Crippen LogP contribution in [0.3, 0.4) is 0 Å². The minimum Gasteiger partial charge on any atom is -0.481 e. The summed E-state index contributed by atoms with van der Waals surface area (Å²) in [6, 6.07) is 13.4. The molecule has 0 saturated heterocycles. The van der Waals surface area contributed by atoms with Crippen molar-refractivity contribution in [3.05, 3.63) is 60.7 Å². The molecule has 0 heterocycles. The quantitative estimate of drug-likeness (QED) is 0.815. The third-order valence-corrected chi connectivity index (χ3v) is 3.38. The van der Waals surface area contributed by atoms with E-state index >= 15 is 0 Å². The van der Waals surface area contributed by atoms with Gasteiger partial charge in [0.2, 0.25) is 0 Å². The van der Waals surface area contributed by atoms with Crippen LogP contribution in [0.5, 0.6) is 0 Å². The second-order valence-corrected chi connectivity index (χ2v) is 4.71. The predicted octanol–water partition coefficient (Wildman–Crippen LogP) is 3.54. The normalized spacial score (nSPS) is 12.0. The van der Waals surface area contributed by atoms with E-state index in [1.807, 2.05) is 42.5 Å². The Kier molecular flexibility index (Phi) is 4.31. The molecule has 20 heavy (non-hydrogen) atoms. The van der Waals surface area contributed by atoms with Crippen molar-refractivity contribution in [3.63, 3.8) is 0 Å². The van der Waals surface area contributed by atoms with Gasteiger partial charge in [0, 0.05) is 6.42 Å². The molecule has 0 fully saturated rings. The van der Waals surface area contributed by atoms with Crippen molar-refractivity contribution in [2.24, 2.45) is 0 Å². The van der Waals surface area contributed by atoms with Crippen LogP contribution in [0.2, 0.25) is 0 Å². The molecular formula is C17H16O3. The van der Waals surface area contributed by atoms with Crippen molar-refractivity contribution in [1.29, 1.82) is 0 Å². The number of hydrogen-bond acceptors (Lipinski definition) is 2. The van der Waals surface area contributed by atoms with Gasteiger partial charge in [0.1, 0.15) is 0 Å². The molecule has 2 rings (SSSR count). The number of rotatable bonds is 6. The lowest BCUT2D eigenvalue weighted by molar-refractivity contribution is -0.139. The zero-order valence-electron chi connectivity index (χ0n) is 11.1. The summed E-state index contributed by atoms with van der Waals surface area (Å²) in [7, 11) is 0. The molecule has 102 valence electrons. The van der Waals surface area contributed by atoms with Crippen LogP contribution in [0.15, 0.2) is 55.1 Å². The lowest BCUT2D eigenvalue weighted by atomic mass is 9.91. The number of hydrogen-bond donors (Lipinski definition) is 1. The molecular weight excluding hydrogens is 252 g/mol. The van der Waals surface area contributed by atoms with Crippen LogP contribution >= 0.6 is 0 Å². The number of fused-ring (bicyclic) bond motifs is 1. The van der Waals surface area contributed by atoms with Gasteiger partial charge < -0.3 is 5.11 Å². The maximum Gasteiger partial charge on any atom is 0.310 e. The van der Waals surface area contributed by atoms with Gasteiger partial charge in [-0.1, -0.05) is 49.0 Å². The molecule has 0 aromatic heterocycles. The molecule has 0 aliphatic rings. The third kappa shape index (κ3) is 3.12. The zero-order valence-corrected chi connectivity index (χ0v) is 11.1. The summed E-state index contributed by atoms with van der Waals surface area (Å²) in [6.07, 6.45) is 1.73.